The monoisotopic (exact) mass is 410 g/mol. The van der Waals surface area contributed by atoms with Crippen molar-refractivity contribution in [3.8, 4) is 0 Å². The minimum Gasteiger partial charge on any atom is -0.321 e. The number of anilines is 1. The molecule has 2 aliphatic rings. The van der Waals surface area contributed by atoms with Gasteiger partial charge in [0.1, 0.15) is 4.90 Å². The van der Waals surface area contributed by atoms with Crippen molar-refractivity contribution in [1.82, 2.24) is 4.31 Å². The van der Waals surface area contributed by atoms with Crippen LogP contribution in [0.1, 0.15) is 33.6 Å². The molecule has 0 atom stereocenters. The third-order valence-corrected chi connectivity index (χ3v) is 6.71. The molecule has 1 saturated carbocycles. The van der Waals surface area contributed by atoms with Gasteiger partial charge in [0.05, 0.1) is 16.3 Å². The number of nitrogens with one attached hydrogen (secondary N) is 1. The molecule has 0 spiro atoms. The van der Waals surface area contributed by atoms with Crippen molar-refractivity contribution in [2.24, 2.45) is 0 Å². The van der Waals surface area contributed by atoms with Crippen LogP contribution in [0.5, 0.6) is 0 Å². The van der Waals surface area contributed by atoms with E-state index < -0.39 is 21.8 Å². The van der Waals surface area contributed by atoms with Crippen molar-refractivity contribution in [2.45, 2.75) is 23.8 Å². The predicted molar refractivity (Wildman–Crippen MR) is 97.2 cm³/mol. The Bertz CT molecular complexity index is 1060. The highest BCUT2D eigenvalue weighted by molar-refractivity contribution is 7.90. The minimum absolute atomic E-state index is 0.0919. The maximum Gasteiger partial charge on any atom is 0.269 e. The van der Waals surface area contributed by atoms with Gasteiger partial charge in [0, 0.05) is 16.6 Å². The van der Waals surface area contributed by atoms with Gasteiger partial charge in [0.25, 0.3) is 21.8 Å². The first-order valence-electron chi connectivity index (χ1n) is 7.78. The molecule has 1 aliphatic heterocycles. The molecule has 2 amide bonds. The van der Waals surface area contributed by atoms with E-state index in [1.807, 2.05) is 0 Å². The third-order valence-electron chi connectivity index (χ3n) is 4.27. The highest BCUT2D eigenvalue weighted by Gasteiger charge is 2.48. The molecule has 0 bridgehead atoms. The molecule has 6 nitrogen and oxygen atoms in total. The summed E-state index contributed by atoms with van der Waals surface area (Å²) >= 11 is 11.9. The van der Waals surface area contributed by atoms with Crippen molar-refractivity contribution in [3.05, 3.63) is 57.6 Å². The molecule has 0 saturated heterocycles. The summed E-state index contributed by atoms with van der Waals surface area (Å²) < 4.78 is 26.2. The predicted octanol–water partition coefficient (Wildman–Crippen LogP) is 3.55. The van der Waals surface area contributed by atoms with Crippen LogP contribution in [0.25, 0.3) is 0 Å². The molecule has 0 radical (unpaired) electrons. The Labute approximate surface area is 159 Å². The molecular formula is C17H12Cl2N2O4S. The maximum atomic E-state index is 12.6. The van der Waals surface area contributed by atoms with E-state index in [2.05, 4.69) is 5.32 Å². The van der Waals surface area contributed by atoms with Gasteiger partial charge in [-0.3, -0.25) is 9.59 Å². The number of sulfonamides is 1. The van der Waals surface area contributed by atoms with Gasteiger partial charge < -0.3 is 5.32 Å². The molecule has 134 valence electrons. The highest BCUT2D eigenvalue weighted by Crippen LogP contribution is 2.39. The lowest BCUT2D eigenvalue weighted by atomic mass is 10.1. The third kappa shape index (κ3) is 2.76. The number of rotatable bonds is 3. The average Bonchev–Trinajstić information content (AvgIpc) is 3.39. The second-order valence-electron chi connectivity index (χ2n) is 6.13. The van der Waals surface area contributed by atoms with Crippen LogP contribution >= 0.6 is 23.2 Å². The summed E-state index contributed by atoms with van der Waals surface area (Å²) in [4.78, 5) is 24.7. The van der Waals surface area contributed by atoms with Crippen molar-refractivity contribution in [1.29, 1.82) is 0 Å². The summed E-state index contributed by atoms with van der Waals surface area (Å²) in [5, 5.41) is 3.29. The maximum absolute atomic E-state index is 12.6. The zero-order chi connectivity index (χ0) is 18.6. The number of nitrogens with zero attached hydrogens (tertiary/aromatic N) is 1. The van der Waals surface area contributed by atoms with Gasteiger partial charge in [0.2, 0.25) is 0 Å². The molecule has 4 rings (SSSR count). The van der Waals surface area contributed by atoms with Crippen LogP contribution in [-0.4, -0.2) is 30.6 Å². The quantitative estimate of drug-likeness (QED) is 0.838. The van der Waals surface area contributed by atoms with E-state index in [4.69, 9.17) is 23.2 Å². The molecular weight excluding hydrogens is 399 g/mol. The summed E-state index contributed by atoms with van der Waals surface area (Å²) in [7, 11) is -3.92. The molecule has 1 N–H and O–H groups in total. The SMILES string of the molecule is O=C(Nc1cc(Cl)ccc1Cl)c1ccc2c(c1)S(=O)(=O)N(C1CC1)C2=O. The zero-order valence-electron chi connectivity index (χ0n) is 13.2. The van der Waals surface area contributed by atoms with Crippen molar-refractivity contribution in [2.75, 3.05) is 5.32 Å². The first-order valence-corrected chi connectivity index (χ1v) is 9.98. The van der Waals surface area contributed by atoms with Gasteiger partial charge in [-0.25, -0.2) is 12.7 Å². The fourth-order valence-corrected chi connectivity index (χ4v) is 5.02. The average molecular weight is 411 g/mol. The number of amides is 2. The number of carbonyl (C=O) groups excluding carboxylic acids is 2. The molecule has 1 fully saturated rings. The summed E-state index contributed by atoms with van der Waals surface area (Å²) in [6, 6.07) is 8.34. The van der Waals surface area contributed by atoms with Crippen LogP contribution in [0.3, 0.4) is 0 Å². The Balaban J connectivity index is 1.68. The van der Waals surface area contributed by atoms with E-state index in [-0.39, 0.29) is 22.1 Å². The summed E-state index contributed by atoms with van der Waals surface area (Å²) in [6.45, 7) is 0. The fraction of sp³-hybridized carbons (Fsp3) is 0.176. The molecule has 26 heavy (non-hydrogen) atoms. The molecule has 1 heterocycles. The topological polar surface area (TPSA) is 83.6 Å². The first-order chi connectivity index (χ1) is 12.3. The number of benzene rings is 2. The number of halogens is 2. The van der Waals surface area contributed by atoms with E-state index in [0.717, 1.165) is 4.31 Å². The standard InChI is InChI=1S/C17H12Cl2N2O4S/c18-10-2-6-13(19)14(8-10)20-16(22)9-1-5-12-15(7-9)26(24,25)21(17(12)23)11-3-4-11/h1-2,5-8,11H,3-4H2,(H,20,22). The van der Waals surface area contributed by atoms with Crippen LogP contribution in [0, 0.1) is 0 Å². The Kier molecular flexibility index (Phi) is 3.98. The van der Waals surface area contributed by atoms with Crippen LogP contribution in [0.2, 0.25) is 10.0 Å². The minimum atomic E-state index is -3.92. The molecule has 9 heteroatoms. The number of fused-ring (bicyclic) bond motifs is 1. The van der Waals surface area contributed by atoms with Gasteiger partial charge in [-0.1, -0.05) is 23.2 Å². The Morgan fingerprint density at radius 2 is 1.85 bits per heavy atom. The summed E-state index contributed by atoms with van der Waals surface area (Å²) in [5.41, 5.74) is 0.506. The molecule has 1 aliphatic carbocycles. The van der Waals surface area contributed by atoms with Gasteiger partial charge in [-0.05, 0) is 49.2 Å². The normalized spacial score (nSPS) is 17.9. The Hall–Kier alpha value is -2.09. The molecule has 2 aromatic rings. The van der Waals surface area contributed by atoms with Crippen molar-refractivity contribution >= 4 is 50.7 Å². The van der Waals surface area contributed by atoms with E-state index >= 15 is 0 Å². The van der Waals surface area contributed by atoms with Crippen LogP contribution in [0.4, 0.5) is 5.69 Å². The van der Waals surface area contributed by atoms with Gasteiger partial charge >= 0.3 is 0 Å². The lowest BCUT2D eigenvalue weighted by molar-refractivity contribution is 0.0864. The van der Waals surface area contributed by atoms with Crippen LogP contribution in [-0.2, 0) is 10.0 Å². The summed E-state index contributed by atoms with van der Waals surface area (Å²) in [5.74, 6) is -1.09. The largest absolute Gasteiger partial charge is 0.321 e. The molecule has 0 aromatic heterocycles. The number of hydrogen-bond donors (Lipinski definition) is 1. The highest BCUT2D eigenvalue weighted by atomic mass is 35.5. The number of hydrogen-bond acceptors (Lipinski definition) is 4. The fourth-order valence-electron chi connectivity index (χ4n) is 2.85. The Morgan fingerprint density at radius 3 is 2.54 bits per heavy atom. The smallest absolute Gasteiger partial charge is 0.269 e. The van der Waals surface area contributed by atoms with E-state index in [0.29, 0.717) is 28.6 Å². The zero-order valence-corrected chi connectivity index (χ0v) is 15.5. The molecule has 0 unspecified atom stereocenters. The van der Waals surface area contributed by atoms with Gasteiger partial charge in [-0.15, -0.1) is 0 Å². The van der Waals surface area contributed by atoms with Crippen LogP contribution < -0.4 is 5.32 Å². The van der Waals surface area contributed by atoms with E-state index in [9.17, 15) is 18.0 Å². The van der Waals surface area contributed by atoms with Gasteiger partial charge in [0.15, 0.2) is 0 Å². The molecule has 2 aromatic carbocycles. The second kappa shape index (κ2) is 5.97. The number of carbonyl (C=O) groups is 2. The summed E-state index contributed by atoms with van der Waals surface area (Å²) in [6.07, 6.45) is 1.33. The van der Waals surface area contributed by atoms with Gasteiger partial charge in [-0.2, -0.15) is 0 Å². The second-order valence-corrected chi connectivity index (χ2v) is 8.75. The van der Waals surface area contributed by atoms with Crippen LogP contribution in [0.15, 0.2) is 41.3 Å². The lowest BCUT2D eigenvalue weighted by Crippen LogP contribution is -2.31. The Morgan fingerprint density at radius 1 is 1.12 bits per heavy atom. The first kappa shape index (κ1) is 17.3. The van der Waals surface area contributed by atoms with E-state index in [1.165, 1.54) is 24.3 Å². The van der Waals surface area contributed by atoms with Crippen molar-refractivity contribution < 1.29 is 18.0 Å². The van der Waals surface area contributed by atoms with Crippen molar-refractivity contribution in [3.63, 3.8) is 0 Å². The van der Waals surface area contributed by atoms with E-state index in [1.54, 1.807) is 12.1 Å². The lowest BCUT2D eigenvalue weighted by Gasteiger charge is -2.13.